The second-order valence-electron chi connectivity index (χ2n) is 12.4. The highest BCUT2D eigenvalue weighted by molar-refractivity contribution is 7.99. The van der Waals surface area contributed by atoms with Gasteiger partial charge in [0.05, 0.1) is 0 Å². The Morgan fingerprint density at radius 3 is 2.02 bits per heavy atom. The van der Waals surface area contributed by atoms with Crippen molar-refractivity contribution in [2.24, 2.45) is 0 Å². The van der Waals surface area contributed by atoms with Crippen LogP contribution >= 0.6 is 23.1 Å². The highest BCUT2D eigenvalue weighted by atomic mass is 32.2. The molecule has 3 heteroatoms. The van der Waals surface area contributed by atoms with Gasteiger partial charge >= 0.3 is 0 Å². The van der Waals surface area contributed by atoms with Crippen molar-refractivity contribution in [2.75, 3.05) is 0 Å². The van der Waals surface area contributed by atoms with Crippen LogP contribution in [0.1, 0.15) is 0 Å². The molecule has 0 spiro atoms. The number of thiophene rings is 1. The van der Waals surface area contributed by atoms with E-state index >= 15 is 0 Å². The Kier molecular flexibility index (Phi) is 5.26. The van der Waals surface area contributed by atoms with Crippen LogP contribution in [0.2, 0.25) is 0 Å². The molecule has 0 N–H and O–H groups in total. The van der Waals surface area contributed by atoms with Crippen molar-refractivity contribution in [2.45, 2.75) is 9.79 Å². The summed E-state index contributed by atoms with van der Waals surface area (Å²) in [6, 6.07) is 53.5. The summed E-state index contributed by atoms with van der Waals surface area (Å²) >= 11 is 3.76. The highest BCUT2D eigenvalue weighted by Gasteiger charge is 2.20. The summed E-state index contributed by atoms with van der Waals surface area (Å²) in [5.41, 5.74) is 9.48. The number of furan rings is 1. The fourth-order valence-corrected chi connectivity index (χ4v) is 9.97. The second kappa shape index (κ2) is 9.59. The zero-order valence-electron chi connectivity index (χ0n) is 25.1. The Bertz CT molecular complexity index is 2940. The van der Waals surface area contributed by atoms with E-state index in [9.17, 15) is 0 Å². The first-order valence-corrected chi connectivity index (χ1v) is 17.5. The van der Waals surface area contributed by atoms with E-state index in [0.717, 1.165) is 16.6 Å². The van der Waals surface area contributed by atoms with Crippen molar-refractivity contribution in [1.82, 2.24) is 0 Å². The van der Waals surface area contributed by atoms with Crippen LogP contribution < -0.4 is 0 Å². The molecule has 0 fully saturated rings. The Hall–Kier alpha value is -5.35. The van der Waals surface area contributed by atoms with E-state index in [1.54, 1.807) is 0 Å². The smallest absolute Gasteiger partial charge is 0.143 e. The Balaban J connectivity index is 1.03. The summed E-state index contributed by atoms with van der Waals surface area (Å²) in [6.07, 6.45) is 0. The van der Waals surface area contributed by atoms with Gasteiger partial charge in [-0.25, -0.2) is 0 Å². The minimum atomic E-state index is 0.929. The summed E-state index contributed by atoms with van der Waals surface area (Å²) < 4.78 is 9.10. The van der Waals surface area contributed by atoms with E-state index in [1.807, 2.05) is 23.1 Å². The van der Waals surface area contributed by atoms with Crippen LogP contribution in [0.4, 0.5) is 0 Å². The number of hydrogen-bond donors (Lipinski definition) is 0. The van der Waals surface area contributed by atoms with Crippen LogP contribution in [0.25, 0.3) is 97.0 Å². The molecule has 218 valence electrons. The lowest BCUT2D eigenvalue weighted by atomic mass is 9.94. The zero-order valence-corrected chi connectivity index (χ0v) is 26.7. The van der Waals surface area contributed by atoms with Crippen molar-refractivity contribution >= 4 is 86.8 Å². The van der Waals surface area contributed by atoms with Gasteiger partial charge in [0.2, 0.25) is 0 Å². The van der Waals surface area contributed by atoms with Crippen LogP contribution in [0.5, 0.6) is 0 Å². The lowest BCUT2D eigenvalue weighted by Gasteiger charge is -2.21. The summed E-state index contributed by atoms with van der Waals surface area (Å²) in [5, 5.41) is 9.99. The molecule has 0 aliphatic carbocycles. The molecule has 0 atom stereocenters. The predicted molar refractivity (Wildman–Crippen MR) is 202 cm³/mol. The van der Waals surface area contributed by atoms with Gasteiger partial charge in [-0.1, -0.05) is 115 Å². The summed E-state index contributed by atoms with van der Waals surface area (Å²) in [7, 11) is 0. The zero-order chi connectivity index (χ0) is 30.6. The summed E-state index contributed by atoms with van der Waals surface area (Å²) in [4.78, 5) is 2.67. The summed E-state index contributed by atoms with van der Waals surface area (Å²) in [5.74, 6) is 0. The fraction of sp³-hybridized carbons (Fsp3) is 0. The quantitative estimate of drug-likeness (QED) is 0.188. The first-order chi connectivity index (χ1) is 23.3. The first kappa shape index (κ1) is 25.8. The molecule has 1 nitrogen and oxygen atoms in total. The number of hydrogen-bond acceptors (Lipinski definition) is 3. The molecule has 2 aromatic heterocycles. The molecule has 1 aliphatic rings. The minimum absolute atomic E-state index is 0.929. The number of rotatable bonds is 2. The molecular formula is C44H24OS2. The first-order valence-electron chi connectivity index (χ1n) is 15.9. The molecule has 47 heavy (non-hydrogen) atoms. The van der Waals surface area contributed by atoms with Crippen molar-refractivity contribution in [1.29, 1.82) is 0 Å². The number of fused-ring (bicyclic) bond motifs is 10. The van der Waals surface area contributed by atoms with E-state index in [-0.39, 0.29) is 0 Å². The Labute approximate surface area is 278 Å². The van der Waals surface area contributed by atoms with Gasteiger partial charge in [-0.15, -0.1) is 11.3 Å². The Morgan fingerprint density at radius 1 is 0.404 bits per heavy atom. The molecule has 0 unspecified atom stereocenters. The standard InChI is InChI=1S/C44H24OS2/c1-2-9-31-25(6-1)14-20-35-43-30(10-5-12-37(43)45-44(31)35)29-16-19-33-32-18-15-28(23-40(32)47-41(33)24-29)27-17-21-38-36(22-27)34-11-3-7-26-8-4-13-39(46-38)42(26)34/h1-24H. The average Bonchev–Trinajstić information content (AvgIpc) is 3.69. The van der Waals surface area contributed by atoms with Crippen molar-refractivity contribution in [3.63, 3.8) is 0 Å². The van der Waals surface area contributed by atoms with Crippen LogP contribution in [0.3, 0.4) is 0 Å². The minimum Gasteiger partial charge on any atom is -0.455 e. The van der Waals surface area contributed by atoms with Crippen molar-refractivity contribution in [3.05, 3.63) is 146 Å². The molecule has 1 aliphatic heterocycles. The van der Waals surface area contributed by atoms with E-state index in [0.29, 0.717) is 0 Å². The van der Waals surface area contributed by atoms with Crippen LogP contribution in [-0.2, 0) is 0 Å². The van der Waals surface area contributed by atoms with Gasteiger partial charge in [-0.2, -0.15) is 0 Å². The van der Waals surface area contributed by atoms with E-state index < -0.39 is 0 Å². The van der Waals surface area contributed by atoms with Gasteiger partial charge in [0.1, 0.15) is 11.2 Å². The molecule has 11 rings (SSSR count). The van der Waals surface area contributed by atoms with Crippen LogP contribution in [0, 0.1) is 0 Å². The predicted octanol–water partition coefficient (Wildman–Crippen LogP) is 13.7. The molecule has 0 saturated carbocycles. The molecule has 8 aromatic carbocycles. The SMILES string of the molecule is c1cc2c3c(cccc3c1)-c1cc(-c3ccc4c(c3)sc3cc(-c5cccc6oc7c8ccccc8ccc7c56)ccc34)ccc1S2. The molecular weight excluding hydrogens is 609 g/mol. The molecule has 3 heterocycles. The average molecular weight is 633 g/mol. The summed E-state index contributed by atoms with van der Waals surface area (Å²) in [6.45, 7) is 0. The molecule has 10 aromatic rings. The second-order valence-corrected chi connectivity index (χ2v) is 14.6. The lowest BCUT2D eigenvalue weighted by Crippen LogP contribution is -1.93. The molecule has 0 radical (unpaired) electrons. The van der Waals surface area contributed by atoms with Gasteiger partial charge < -0.3 is 4.42 Å². The third-order valence-electron chi connectivity index (χ3n) is 9.86. The maximum absolute atomic E-state index is 6.49. The molecule has 0 amide bonds. The van der Waals surface area contributed by atoms with Gasteiger partial charge in [0.25, 0.3) is 0 Å². The third-order valence-corrected chi connectivity index (χ3v) is 12.1. The monoisotopic (exact) mass is 632 g/mol. The van der Waals surface area contributed by atoms with E-state index in [2.05, 4.69) is 146 Å². The fourth-order valence-electron chi connectivity index (χ4n) is 7.66. The topological polar surface area (TPSA) is 13.1 Å². The third kappa shape index (κ3) is 3.73. The van der Waals surface area contributed by atoms with Crippen LogP contribution in [-0.4, -0.2) is 0 Å². The molecule has 0 saturated heterocycles. The number of benzene rings is 8. The van der Waals surface area contributed by atoms with E-state index in [4.69, 9.17) is 4.42 Å². The normalized spacial score (nSPS) is 12.6. The van der Waals surface area contributed by atoms with Gasteiger partial charge in [-0.05, 0) is 86.6 Å². The lowest BCUT2D eigenvalue weighted by molar-refractivity contribution is 0.673. The van der Waals surface area contributed by atoms with Crippen molar-refractivity contribution < 1.29 is 4.42 Å². The van der Waals surface area contributed by atoms with Crippen LogP contribution in [0.15, 0.2) is 160 Å². The maximum Gasteiger partial charge on any atom is 0.143 e. The Morgan fingerprint density at radius 2 is 1.11 bits per heavy atom. The largest absolute Gasteiger partial charge is 0.455 e. The van der Waals surface area contributed by atoms with Gasteiger partial charge in [0.15, 0.2) is 0 Å². The van der Waals surface area contributed by atoms with Gasteiger partial charge in [0, 0.05) is 51.5 Å². The van der Waals surface area contributed by atoms with E-state index in [1.165, 1.54) is 90.3 Å². The van der Waals surface area contributed by atoms with Crippen molar-refractivity contribution in [3.8, 4) is 33.4 Å². The molecule has 0 bridgehead atoms. The van der Waals surface area contributed by atoms with Gasteiger partial charge in [-0.3, -0.25) is 0 Å². The highest BCUT2D eigenvalue weighted by Crippen LogP contribution is 2.49. The maximum atomic E-state index is 6.49.